The fraction of sp³-hybridized carbons (Fsp3) is 0.300. The van der Waals surface area contributed by atoms with Gasteiger partial charge in [-0.25, -0.2) is 4.98 Å². The van der Waals surface area contributed by atoms with Crippen molar-refractivity contribution in [3.63, 3.8) is 0 Å². The number of hydrogen-bond acceptors (Lipinski definition) is 4. The zero-order valence-corrected chi connectivity index (χ0v) is 10.9. The zero-order valence-electron chi connectivity index (χ0n) is 8.59. The van der Waals surface area contributed by atoms with Crippen molar-refractivity contribution in [1.82, 2.24) is 10.3 Å². The van der Waals surface area contributed by atoms with E-state index in [1.54, 1.807) is 12.3 Å². The fourth-order valence-corrected chi connectivity index (χ4v) is 2.76. The van der Waals surface area contributed by atoms with Gasteiger partial charge in [0.15, 0.2) is 11.7 Å². The number of thiophene rings is 1. The Bertz CT molecular complexity index is 481. The van der Waals surface area contributed by atoms with Crippen LogP contribution in [0.25, 0.3) is 11.3 Å². The molecule has 0 atom stereocenters. The molecule has 0 saturated carbocycles. The quantitative estimate of drug-likeness (QED) is 0.929. The van der Waals surface area contributed by atoms with E-state index in [-0.39, 0.29) is 0 Å². The predicted octanol–water partition coefficient (Wildman–Crippen LogP) is 3.47. The van der Waals surface area contributed by atoms with Crippen molar-refractivity contribution in [3.8, 4) is 11.3 Å². The Morgan fingerprint density at radius 1 is 1.50 bits per heavy atom. The molecule has 0 aliphatic heterocycles. The van der Waals surface area contributed by atoms with Crippen molar-refractivity contribution in [2.75, 3.05) is 13.6 Å². The minimum Gasteiger partial charge on any atom is -0.441 e. The standard InChI is InChI=1S/C10H10Cl2N2OS/c1-13-3-2-9-14-5-7(15-9)6-4-8(11)16-10(6)12/h4-5,13H,2-3H2,1H3. The Hall–Kier alpha value is -0.550. The van der Waals surface area contributed by atoms with Crippen LogP contribution in [0.3, 0.4) is 0 Å². The lowest BCUT2D eigenvalue weighted by Gasteiger charge is -1.94. The summed E-state index contributed by atoms with van der Waals surface area (Å²) in [7, 11) is 1.89. The molecule has 0 aromatic carbocycles. The molecule has 0 saturated heterocycles. The van der Waals surface area contributed by atoms with Crippen LogP contribution in [-0.4, -0.2) is 18.6 Å². The normalized spacial score (nSPS) is 10.9. The van der Waals surface area contributed by atoms with Gasteiger partial charge in [0.2, 0.25) is 0 Å². The molecule has 0 bridgehead atoms. The predicted molar refractivity (Wildman–Crippen MR) is 67.5 cm³/mol. The maximum Gasteiger partial charge on any atom is 0.196 e. The first kappa shape index (κ1) is 11.9. The molecule has 0 fully saturated rings. The summed E-state index contributed by atoms with van der Waals surface area (Å²) in [5.74, 6) is 1.36. The molecule has 2 heterocycles. The molecule has 2 rings (SSSR count). The van der Waals surface area contributed by atoms with Crippen LogP contribution in [0.2, 0.25) is 8.67 Å². The van der Waals surface area contributed by atoms with Gasteiger partial charge in [-0.1, -0.05) is 23.2 Å². The van der Waals surface area contributed by atoms with Gasteiger partial charge in [0, 0.05) is 18.5 Å². The first-order valence-corrected chi connectivity index (χ1v) is 6.32. The van der Waals surface area contributed by atoms with Crippen LogP contribution in [0.1, 0.15) is 5.89 Å². The summed E-state index contributed by atoms with van der Waals surface area (Å²) < 4.78 is 6.85. The topological polar surface area (TPSA) is 38.1 Å². The second-order valence-electron chi connectivity index (χ2n) is 3.21. The summed E-state index contributed by atoms with van der Waals surface area (Å²) in [6.45, 7) is 0.831. The maximum atomic E-state index is 6.03. The van der Waals surface area contributed by atoms with E-state index in [0.29, 0.717) is 20.3 Å². The molecule has 0 aliphatic carbocycles. The van der Waals surface area contributed by atoms with E-state index >= 15 is 0 Å². The van der Waals surface area contributed by atoms with Gasteiger partial charge in [0.25, 0.3) is 0 Å². The lowest BCUT2D eigenvalue weighted by atomic mass is 10.3. The first-order valence-electron chi connectivity index (χ1n) is 4.75. The highest BCUT2D eigenvalue weighted by molar-refractivity contribution is 7.20. The van der Waals surface area contributed by atoms with Crippen LogP contribution in [0, 0.1) is 0 Å². The molecule has 6 heteroatoms. The van der Waals surface area contributed by atoms with Gasteiger partial charge in [-0.3, -0.25) is 0 Å². The van der Waals surface area contributed by atoms with E-state index in [1.165, 1.54) is 11.3 Å². The van der Waals surface area contributed by atoms with Gasteiger partial charge in [0.1, 0.15) is 4.34 Å². The van der Waals surface area contributed by atoms with Crippen LogP contribution in [-0.2, 0) is 6.42 Å². The molecule has 0 aliphatic rings. The maximum absolute atomic E-state index is 6.03. The van der Waals surface area contributed by atoms with E-state index in [4.69, 9.17) is 27.6 Å². The number of halogens is 2. The smallest absolute Gasteiger partial charge is 0.196 e. The third kappa shape index (κ3) is 2.58. The van der Waals surface area contributed by atoms with E-state index in [9.17, 15) is 0 Å². The zero-order chi connectivity index (χ0) is 11.5. The average Bonchev–Trinajstić information content (AvgIpc) is 2.82. The minimum absolute atomic E-state index is 0.626. The lowest BCUT2D eigenvalue weighted by Crippen LogP contribution is -2.10. The summed E-state index contributed by atoms with van der Waals surface area (Å²) >= 11 is 13.2. The van der Waals surface area contributed by atoms with Crippen molar-refractivity contribution in [1.29, 1.82) is 0 Å². The van der Waals surface area contributed by atoms with Gasteiger partial charge in [-0.05, 0) is 13.1 Å². The first-order chi connectivity index (χ1) is 7.70. The number of hydrogen-bond donors (Lipinski definition) is 1. The summed E-state index contributed by atoms with van der Waals surface area (Å²) in [5.41, 5.74) is 0.805. The van der Waals surface area contributed by atoms with Crippen LogP contribution in [0.4, 0.5) is 0 Å². The van der Waals surface area contributed by atoms with E-state index in [1.807, 2.05) is 7.05 Å². The van der Waals surface area contributed by atoms with E-state index in [2.05, 4.69) is 10.3 Å². The summed E-state index contributed by atoms with van der Waals surface area (Å²) in [5, 5.41) is 3.04. The van der Waals surface area contributed by atoms with Crippen LogP contribution in [0.5, 0.6) is 0 Å². The largest absolute Gasteiger partial charge is 0.441 e. The molecule has 0 unspecified atom stereocenters. The Labute approximate surface area is 107 Å². The molecule has 0 spiro atoms. The van der Waals surface area contributed by atoms with E-state index < -0.39 is 0 Å². The third-order valence-corrected chi connectivity index (χ3v) is 3.55. The van der Waals surface area contributed by atoms with Crippen molar-refractivity contribution < 1.29 is 4.42 Å². The van der Waals surface area contributed by atoms with Gasteiger partial charge in [0.05, 0.1) is 10.5 Å². The molecule has 2 aromatic heterocycles. The Kier molecular flexibility index (Phi) is 3.86. The van der Waals surface area contributed by atoms with Crippen LogP contribution in [0.15, 0.2) is 16.7 Å². The van der Waals surface area contributed by atoms with Gasteiger partial charge < -0.3 is 9.73 Å². The summed E-state index contributed by atoms with van der Waals surface area (Å²) in [4.78, 5) is 4.18. The summed E-state index contributed by atoms with van der Waals surface area (Å²) in [6, 6.07) is 1.79. The minimum atomic E-state index is 0.626. The summed E-state index contributed by atoms with van der Waals surface area (Å²) in [6.07, 6.45) is 2.43. The third-order valence-electron chi connectivity index (χ3n) is 2.06. The molecule has 0 amide bonds. The average molecular weight is 277 g/mol. The fourth-order valence-electron chi connectivity index (χ4n) is 1.29. The molecular weight excluding hydrogens is 267 g/mol. The molecule has 1 N–H and O–H groups in total. The second kappa shape index (κ2) is 5.19. The highest BCUT2D eigenvalue weighted by Crippen LogP contribution is 2.38. The van der Waals surface area contributed by atoms with Crippen molar-refractivity contribution >= 4 is 34.5 Å². The number of nitrogens with one attached hydrogen (secondary N) is 1. The number of likely N-dealkylation sites (N-methyl/N-ethyl adjacent to an activating group) is 1. The number of aromatic nitrogens is 1. The van der Waals surface area contributed by atoms with Gasteiger partial charge in [-0.15, -0.1) is 11.3 Å². The number of nitrogens with zero attached hydrogens (tertiary/aromatic N) is 1. The lowest BCUT2D eigenvalue weighted by molar-refractivity contribution is 0.501. The monoisotopic (exact) mass is 276 g/mol. The van der Waals surface area contributed by atoms with Gasteiger partial charge >= 0.3 is 0 Å². The van der Waals surface area contributed by atoms with Crippen LogP contribution < -0.4 is 5.32 Å². The number of rotatable bonds is 4. The molecule has 2 aromatic rings. The molecule has 86 valence electrons. The van der Waals surface area contributed by atoms with Gasteiger partial charge in [-0.2, -0.15) is 0 Å². The van der Waals surface area contributed by atoms with Crippen molar-refractivity contribution in [3.05, 3.63) is 26.8 Å². The van der Waals surface area contributed by atoms with E-state index in [0.717, 1.165) is 18.5 Å². The molecule has 0 radical (unpaired) electrons. The Balaban J connectivity index is 2.21. The highest BCUT2D eigenvalue weighted by Gasteiger charge is 2.12. The molecular formula is C10H10Cl2N2OS. The van der Waals surface area contributed by atoms with Crippen LogP contribution >= 0.6 is 34.5 Å². The second-order valence-corrected chi connectivity index (χ2v) is 5.50. The molecule has 16 heavy (non-hydrogen) atoms. The van der Waals surface area contributed by atoms with Crippen molar-refractivity contribution in [2.45, 2.75) is 6.42 Å². The van der Waals surface area contributed by atoms with Crippen molar-refractivity contribution in [2.24, 2.45) is 0 Å². The molecule has 3 nitrogen and oxygen atoms in total. The number of oxazole rings is 1. The SMILES string of the molecule is CNCCc1ncc(-c2cc(Cl)sc2Cl)o1. The highest BCUT2D eigenvalue weighted by atomic mass is 35.5. The Morgan fingerprint density at radius 2 is 2.31 bits per heavy atom. The Morgan fingerprint density at radius 3 is 2.94 bits per heavy atom.